The summed E-state index contributed by atoms with van der Waals surface area (Å²) in [6, 6.07) is -0.490. The van der Waals surface area contributed by atoms with Crippen LogP contribution in [0.1, 0.15) is 58.3 Å². The number of ether oxygens (including phenoxy) is 1. The Morgan fingerprint density at radius 3 is 2.70 bits per heavy atom. The van der Waals surface area contributed by atoms with Gasteiger partial charge in [-0.1, -0.05) is 13.8 Å². The van der Waals surface area contributed by atoms with Crippen LogP contribution in [0.4, 0.5) is 9.93 Å². The maximum absolute atomic E-state index is 12.5. The van der Waals surface area contributed by atoms with Crippen molar-refractivity contribution in [3.05, 3.63) is 11.1 Å². The Labute approximate surface area is 141 Å². The smallest absolute Gasteiger partial charge is 0.410 e. The van der Waals surface area contributed by atoms with Gasteiger partial charge in [0.25, 0.3) is 0 Å². The van der Waals surface area contributed by atoms with Crippen LogP contribution in [0.25, 0.3) is 0 Å². The van der Waals surface area contributed by atoms with Gasteiger partial charge in [-0.05, 0) is 39.5 Å². The second kappa shape index (κ2) is 6.86. The van der Waals surface area contributed by atoms with E-state index < -0.39 is 17.7 Å². The molecule has 0 radical (unpaired) electrons. The fraction of sp³-hybridized carbons (Fsp3) is 0.688. The molecule has 1 atom stereocenters. The van der Waals surface area contributed by atoms with E-state index in [0.29, 0.717) is 24.0 Å². The van der Waals surface area contributed by atoms with Crippen molar-refractivity contribution < 1.29 is 14.3 Å². The average molecular weight is 339 g/mol. The first-order chi connectivity index (χ1) is 10.7. The van der Waals surface area contributed by atoms with Gasteiger partial charge in [-0.25, -0.2) is 9.78 Å². The molecule has 2 rings (SSSR count). The van der Waals surface area contributed by atoms with Crippen molar-refractivity contribution in [1.29, 1.82) is 0 Å². The Kier molecular flexibility index (Phi) is 5.29. The molecule has 1 aromatic heterocycles. The second-order valence-electron chi connectivity index (χ2n) is 7.04. The molecule has 1 aliphatic rings. The molecule has 0 bridgehead atoms. The summed E-state index contributed by atoms with van der Waals surface area (Å²) in [5.74, 6) is 0.181. The van der Waals surface area contributed by atoms with Crippen LogP contribution in [0.5, 0.6) is 0 Å². The molecule has 6 nitrogen and oxygen atoms in total. The van der Waals surface area contributed by atoms with E-state index in [1.165, 1.54) is 16.2 Å². The van der Waals surface area contributed by atoms with E-state index in [4.69, 9.17) is 4.74 Å². The third kappa shape index (κ3) is 4.67. The van der Waals surface area contributed by atoms with Crippen molar-refractivity contribution in [1.82, 2.24) is 9.88 Å². The molecule has 0 unspecified atom stereocenters. The van der Waals surface area contributed by atoms with Gasteiger partial charge in [0.15, 0.2) is 5.13 Å². The molecule has 7 heteroatoms. The van der Waals surface area contributed by atoms with Crippen LogP contribution in [0.2, 0.25) is 0 Å². The summed E-state index contributed by atoms with van der Waals surface area (Å²) >= 11 is 1.47. The summed E-state index contributed by atoms with van der Waals surface area (Å²) in [4.78, 5) is 31.6. The molecule has 2 heterocycles. The lowest BCUT2D eigenvalue weighted by Gasteiger charge is -2.27. The van der Waals surface area contributed by atoms with Gasteiger partial charge in [0, 0.05) is 17.6 Å². The van der Waals surface area contributed by atoms with Crippen LogP contribution < -0.4 is 5.32 Å². The minimum absolute atomic E-state index is 0.196. The van der Waals surface area contributed by atoms with Crippen molar-refractivity contribution in [3.8, 4) is 0 Å². The number of anilines is 1. The first kappa shape index (κ1) is 17.7. The third-order valence-corrected chi connectivity index (χ3v) is 4.72. The molecule has 2 amide bonds. The fourth-order valence-corrected chi connectivity index (χ4v) is 3.20. The minimum atomic E-state index is -0.567. The van der Waals surface area contributed by atoms with Crippen molar-refractivity contribution in [2.45, 2.75) is 65.0 Å². The van der Waals surface area contributed by atoms with Gasteiger partial charge in [0.05, 0.1) is 0 Å². The number of thiazole rings is 1. The number of hydrogen-bond acceptors (Lipinski definition) is 5. The SMILES string of the molecule is CC(C)c1cnc(NC(=O)[C@@H]2CCCN2C(=O)OC(C)(C)C)s1. The normalized spacial score (nSPS) is 18.3. The Morgan fingerprint density at radius 2 is 2.13 bits per heavy atom. The molecular weight excluding hydrogens is 314 g/mol. The lowest BCUT2D eigenvalue weighted by Crippen LogP contribution is -2.45. The van der Waals surface area contributed by atoms with Crippen LogP contribution in [-0.2, 0) is 9.53 Å². The van der Waals surface area contributed by atoms with Crippen LogP contribution in [0.3, 0.4) is 0 Å². The summed E-state index contributed by atoms with van der Waals surface area (Å²) in [6.07, 6.45) is 2.79. The molecule has 1 saturated heterocycles. The van der Waals surface area contributed by atoms with Gasteiger partial charge in [0.1, 0.15) is 11.6 Å². The molecular formula is C16H25N3O3S. The van der Waals surface area contributed by atoms with Crippen LogP contribution >= 0.6 is 11.3 Å². The van der Waals surface area contributed by atoms with Crippen molar-refractivity contribution in [2.24, 2.45) is 0 Å². The largest absolute Gasteiger partial charge is 0.444 e. The molecule has 1 aliphatic heterocycles. The molecule has 0 spiro atoms. The molecule has 1 N–H and O–H groups in total. The van der Waals surface area contributed by atoms with Gasteiger partial charge < -0.3 is 10.1 Å². The minimum Gasteiger partial charge on any atom is -0.444 e. The van der Waals surface area contributed by atoms with Crippen LogP contribution in [-0.4, -0.2) is 40.1 Å². The van der Waals surface area contributed by atoms with Crippen LogP contribution in [0, 0.1) is 0 Å². The zero-order valence-corrected chi connectivity index (χ0v) is 15.2. The number of aromatic nitrogens is 1. The number of likely N-dealkylation sites (tertiary alicyclic amines) is 1. The topological polar surface area (TPSA) is 71.5 Å². The number of nitrogens with zero attached hydrogens (tertiary/aromatic N) is 2. The van der Waals surface area contributed by atoms with E-state index in [-0.39, 0.29) is 5.91 Å². The van der Waals surface area contributed by atoms with Crippen molar-refractivity contribution in [2.75, 3.05) is 11.9 Å². The highest BCUT2D eigenvalue weighted by atomic mass is 32.1. The fourth-order valence-electron chi connectivity index (χ4n) is 2.38. The maximum Gasteiger partial charge on any atom is 0.410 e. The van der Waals surface area contributed by atoms with Gasteiger partial charge in [-0.2, -0.15) is 0 Å². The summed E-state index contributed by atoms with van der Waals surface area (Å²) in [5, 5.41) is 3.40. The number of nitrogens with one attached hydrogen (secondary N) is 1. The van der Waals surface area contributed by atoms with E-state index in [2.05, 4.69) is 24.1 Å². The average Bonchev–Trinajstić information content (AvgIpc) is 3.04. The molecule has 23 heavy (non-hydrogen) atoms. The lowest BCUT2D eigenvalue weighted by molar-refractivity contribution is -0.120. The quantitative estimate of drug-likeness (QED) is 0.913. The standard InChI is InChI=1S/C16H25N3O3S/c1-10(2)12-9-17-14(23-12)18-13(20)11-7-6-8-19(11)15(21)22-16(3,4)5/h9-11H,6-8H2,1-5H3,(H,17,18,20)/t11-/m0/s1. The number of hydrogen-bond donors (Lipinski definition) is 1. The van der Waals surface area contributed by atoms with Crippen molar-refractivity contribution >= 4 is 28.5 Å². The maximum atomic E-state index is 12.5. The van der Waals surface area contributed by atoms with Gasteiger partial charge in [-0.3, -0.25) is 9.69 Å². The van der Waals surface area contributed by atoms with E-state index >= 15 is 0 Å². The van der Waals surface area contributed by atoms with Crippen LogP contribution in [0.15, 0.2) is 6.20 Å². The zero-order valence-electron chi connectivity index (χ0n) is 14.4. The number of carbonyl (C=O) groups is 2. The number of rotatable bonds is 3. The molecule has 0 saturated carbocycles. The lowest BCUT2D eigenvalue weighted by atomic mass is 10.2. The molecule has 0 aromatic carbocycles. The molecule has 0 aliphatic carbocycles. The zero-order chi connectivity index (χ0) is 17.2. The van der Waals surface area contributed by atoms with E-state index in [0.717, 1.165) is 11.3 Å². The first-order valence-electron chi connectivity index (χ1n) is 7.93. The molecule has 1 fully saturated rings. The monoisotopic (exact) mass is 339 g/mol. The molecule has 128 valence electrons. The number of carbonyl (C=O) groups excluding carboxylic acids is 2. The highest BCUT2D eigenvalue weighted by molar-refractivity contribution is 7.15. The predicted molar refractivity (Wildman–Crippen MR) is 90.8 cm³/mol. The van der Waals surface area contributed by atoms with E-state index in [9.17, 15) is 9.59 Å². The van der Waals surface area contributed by atoms with Crippen molar-refractivity contribution in [3.63, 3.8) is 0 Å². The molecule has 1 aromatic rings. The number of amides is 2. The van der Waals surface area contributed by atoms with Gasteiger partial charge in [-0.15, -0.1) is 11.3 Å². The second-order valence-corrected chi connectivity index (χ2v) is 8.11. The van der Waals surface area contributed by atoms with E-state index in [1.807, 2.05) is 20.8 Å². The van der Waals surface area contributed by atoms with E-state index in [1.54, 1.807) is 6.20 Å². The summed E-state index contributed by atoms with van der Waals surface area (Å²) in [7, 11) is 0. The van der Waals surface area contributed by atoms with Gasteiger partial charge >= 0.3 is 6.09 Å². The predicted octanol–water partition coefficient (Wildman–Crippen LogP) is 3.60. The first-order valence-corrected chi connectivity index (χ1v) is 8.75. The summed E-state index contributed by atoms with van der Waals surface area (Å²) in [6.45, 7) is 10.2. The Hall–Kier alpha value is -1.63. The highest BCUT2D eigenvalue weighted by Gasteiger charge is 2.36. The Bertz CT molecular complexity index is 577. The summed E-state index contributed by atoms with van der Waals surface area (Å²) < 4.78 is 5.38. The van der Waals surface area contributed by atoms with Gasteiger partial charge in [0.2, 0.25) is 5.91 Å². The summed E-state index contributed by atoms with van der Waals surface area (Å²) in [5.41, 5.74) is -0.567. The highest BCUT2D eigenvalue weighted by Crippen LogP contribution is 2.27. The Morgan fingerprint density at radius 1 is 1.43 bits per heavy atom. The third-order valence-electron chi connectivity index (χ3n) is 3.51. The Balaban J connectivity index is 2.01.